The van der Waals surface area contributed by atoms with E-state index in [-0.39, 0.29) is 5.91 Å². The van der Waals surface area contributed by atoms with E-state index >= 15 is 0 Å². The molecule has 140 valence electrons. The zero-order valence-electron chi connectivity index (χ0n) is 15.6. The van der Waals surface area contributed by atoms with Crippen LogP contribution in [0.1, 0.15) is 27.2 Å². The molecule has 4 heteroatoms. The van der Waals surface area contributed by atoms with Crippen LogP contribution in [0.5, 0.6) is 5.75 Å². The number of carbonyl (C=O) groups is 1. The average molecular weight is 371 g/mol. The van der Waals surface area contributed by atoms with Gasteiger partial charge in [-0.05, 0) is 36.2 Å². The summed E-state index contributed by atoms with van der Waals surface area (Å²) in [6, 6.07) is 25.4. The van der Waals surface area contributed by atoms with Crippen molar-refractivity contribution in [3.8, 4) is 5.75 Å². The largest absolute Gasteiger partial charge is 0.489 e. The molecule has 3 aromatic carbocycles. The van der Waals surface area contributed by atoms with Gasteiger partial charge >= 0.3 is 0 Å². The molecule has 0 fully saturated rings. The van der Waals surface area contributed by atoms with Crippen molar-refractivity contribution in [1.29, 1.82) is 0 Å². The van der Waals surface area contributed by atoms with Crippen molar-refractivity contribution in [2.45, 2.75) is 20.1 Å². The maximum absolute atomic E-state index is 12.8. The zero-order valence-corrected chi connectivity index (χ0v) is 15.6. The Morgan fingerprint density at radius 2 is 1.61 bits per heavy atom. The smallest absolute Gasteiger partial charge is 0.255 e. The molecule has 1 heterocycles. The van der Waals surface area contributed by atoms with E-state index in [0.717, 1.165) is 16.5 Å². The molecule has 0 aliphatic carbocycles. The van der Waals surface area contributed by atoms with E-state index in [4.69, 9.17) is 9.15 Å². The van der Waals surface area contributed by atoms with Crippen LogP contribution >= 0.6 is 0 Å². The zero-order chi connectivity index (χ0) is 19.3. The number of nitrogens with one attached hydrogen (secondary N) is 1. The Balaban J connectivity index is 1.54. The van der Waals surface area contributed by atoms with E-state index in [1.54, 1.807) is 0 Å². The Bertz CT molecular complexity index is 1090. The fourth-order valence-corrected chi connectivity index (χ4v) is 3.18. The second-order valence-electron chi connectivity index (χ2n) is 6.63. The summed E-state index contributed by atoms with van der Waals surface area (Å²) in [4.78, 5) is 12.8. The van der Waals surface area contributed by atoms with Crippen molar-refractivity contribution in [2.24, 2.45) is 0 Å². The van der Waals surface area contributed by atoms with Crippen molar-refractivity contribution in [3.63, 3.8) is 0 Å². The molecule has 1 amide bonds. The number of hydrogen-bond donors (Lipinski definition) is 1. The lowest BCUT2D eigenvalue weighted by molar-refractivity contribution is 0.0951. The Hall–Kier alpha value is -3.53. The van der Waals surface area contributed by atoms with Crippen LogP contribution in [0, 0.1) is 6.92 Å². The molecule has 28 heavy (non-hydrogen) atoms. The van der Waals surface area contributed by atoms with Crippen molar-refractivity contribution in [1.82, 2.24) is 5.32 Å². The number of carbonyl (C=O) groups excluding carboxylic acids is 1. The summed E-state index contributed by atoms with van der Waals surface area (Å²) in [5, 5.41) is 3.73. The Morgan fingerprint density at radius 3 is 2.32 bits per heavy atom. The van der Waals surface area contributed by atoms with Crippen LogP contribution in [0.25, 0.3) is 11.0 Å². The van der Waals surface area contributed by atoms with Gasteiger partial charge in [0.2, 0.25) is 0 Å². The number of benzene rings is 3. The highest BCUT2D eigenvalue weighted by atomic mass is 16.5. The predicted octanol–water partition coefficient (Wildman–Crippen LogP) is 5.25. The van der Waals surface area contributed by atoms with E-state index in [9.17, 15) is 4.79 Å². The lowest BCUT2D eigenvalue weighted by Crippen LogP contribution is -2.23. The normalized spacial score (nSPS) is 10.8. The van der Waals surface area contributed by atoms with Gasteiger partial charge in [-0.15, -0.1) is 0 Å². The van der Waals surface area contributed by atoms with Crippen LogP contribution in [0.4, 0.5) is 0 Å². The first-order chi connectivity index (χ1) is 13.7. The van der Waals surface area contributed by atoms with Crippen molar-refractivity contribution in [3.05, 3.63) is 101 Å². The highest BCUT2D eigenvalue weighted by molar-refractivity contribution is 6.07. The van der Waals surface area contributed by atoms with Crippen LogP contribution in [0.2, 0.25) is 0 Å². The minimum absolute atomic E-state index is 0.152. The molecule has 4 aromatic rings. The number of hydrogen-bond acceptors (Lipinski definition) is 3. The monoisotopic (exact) mass is 371 g/mol. The first kappa shape index (κ1) is 17.9. The molecule has 0 saturated carbocycles. The molecule has 0 spiro atoms. The highest BCUT2D eigenvalue weighted by Crippen LogP contribution is 2.29. The minimum atomic E-state index is -0.152. The maximum Gasteiger partial charge on any atom is 0.255 e. The SMILES string of the molecule is Cc1oc2ccc(OCc3ccccc3)cc2c1C(=O)NCc1ccccc1. The summed E-state index contributed by atoms with van der Waals surface area (Å²) < 4.78 is 11.7. The van der Waals surface area contributed by atoms with Crippen molar-refractivity contribution >= 4 is 16.9 Å². The van der Waals surface area contributed by atoms with Crippen LogP contribution in [0.3, 0.4) is 0 Å². The molecule has 0 saturated heterocycles. The fraction of sp³-hybridized carbons (Fsp3) is 0.125. The fourth-order valence-electron chi connectivity index (χ4n) is 3.18. The van der Waals surface area contributed by atoms with Gasteiger partial charge < -0.3 is 14.5 Å². The van der Waals surface area contributed by atoms with Crippen LogP contribution in [0.15, 0.2) is 83.3 Å². The Morgan fingerprint density at radius 1 is 0.929 bits per heavy atom. The third kappa shape index (κ3) is 3.91. The Kier molecular flexibility index (Phi) is 5.11. The van der Waals surface area contributed by atoms with E-state index in [1.165, 1.54) is 0 Å². The van der Waals surface area contributed by atoms with E-state index in [1.807, 2.05) is 85.8 Å². The van der Waals surface area contributed by atoms with Crippen molar-refractivity contribution < 1.29 is 13.9 Å². The van der Waals surface area contributed by atoms with Gasteiger partial charge in [0, 0.05) is 11.9 Å². The molecule has 0 bridgehead atoms. The van der Waals surface area contributed by atoms with Gasteiger partial charge in [0.05, 0.1) is 5.56 Å². The molecule has 1 N–H and O–H groups in total. The third-order valence-corrected chi connectivity index (χ3v) is 4.61. The number of amides is 1. The molecule has 0 aliphatic rings. The highest BCUT2D eigenvalue weighted by Gasteiger charge is 2.18. The first-order valence-electron chi connectivity index (χ1n) is 9.23. The number of ether oxygens (including phenoxy) is 1. The van der Waals surface area contributed by atoms with Gasteiger partial charge in [-0.2, -0.15) is 0 Å². The quantitative estimate of drug-likeness (QED) is 0.504. The van der Waals surface area contributed by atoms with E-state index in [2.05, 4.69) is 5.32 Å². The second-order valence-corrected chi connectivity index (χ2v) is 6.63. The lowest BCUT2D eigenvalue weighted by Gasteiger charge is -2.07. The van der Waals surface area contributed by atoms with Gasteiger partial charge in [-0.1, -0.05) is 60.7 Å². The molecule has 0 unspecified atom stereocenters. The summed E-state index contributed by atoms with van der Waals surface area (Å²) in [5.41, 5.74) is 3.37. The van der Waals surface area contributed by atoms with Gasteiger partial charge in [-0.25, -0.2) is 0 Å². The number of furan rings is 1. The lowest BCUT2D eigenvalue weighted by atomic mass is 10.1. The summed E-state index contributed by atoms with van der Waals surface area (Å²) in [6.07, 6.45) is 0. The molecule has 0 aliphatic heterocycles. The first-order valence-corrected chi connectivity index (χ1v) is 9.23. The number of rotatable bonds is 6. The molecule has 0 atom stereocenters. The van der Waals surface area contributed by atoms with E-state index in [0.29, 0.717) is 35.8 Å². The number of aryl methyl sites for hydroxylation is 1. The molecule has 1 aromatic heterocycles. The standard InChI is InChI=1S/C24H21NO3/c1-17-23(24(26)25-15-18-8-4-2-5-9-18)21-14-20(12-13-22(21)28-17)27-16-19-10-6-3-7-11-19/h2-14H,15-16H2,1H3,(H,25,26). The van der Waals surface area contributed by atoms with E-state index < -0.39 is 0 Å². The summed E-state index contributed by atoms with van der Waals surface area (Å²) in [7, 11) is 0. The summed E-state index contributed by atoms with van der Waals surface area (Å²) in [6.45, 7) is 2.75. The average Bonchev–Trinajstić information content (AvgIpc) is 3.07. The molecule has 4 rings (SSSR count). The summed E-state index contributed by atoms with van der Waals surface area (Å²) in [5.74, 6) is 1.15. The minimum Gasteiger partial charge on any atom is -0.489 e. The van der Waals surface area contributed by atoms with Crippen molar-refractivity contribution in [2.75, 3.05) is 0 Å². The molecular weight excluding hydrogens is 350 g/mol. The Labute approximate surface area is 163 Å². The van der Waals surface area contributed by atoms with Crippen LogP contribution in [-0.2, 0) is 13.2 Å². The van der Waals surface area contributed by atoms with Crippen LogP contribution < -0.4 is 10.1 Å². The third-order valence-electron chi connectivity index (χ3n) is 4.61. The second kappa shape index (κ2) is 8.01. The maximum atomic E-state index is 12.8. The van der Waals surface area contributed by atoms with Gasteiger partial charge in [0.1, 0.15) is 23.7 Å². The summed E-state index contributed by atoms with van der Waals surface area (Å²) >= 11 is 0. The molecule has 0 radical (unpaired) electrons. The topological polar surface area (TPSA) is 51.5 Å². The van der Waals surface area contributed by atoms with Crippen LogP contribution in [-0.4, -0.2) is 5.91 Å². The molecular formula is C24H21NO3. The van der Waals surface area contributed by atoms with Gasteiger partial charge in [-0.3, -0.25) is 4.79 Å². The van der Waals surface area contributed by atoms with Gasteiger partial charge in [0.25, 0.3) is 5.91 Å². The van der Waals surface area contributed by atoms with Gasteiger partial charge in [0.15, 0.2) is 0 Å². The number of fused-ring (bicyclic) bond motifs is 1. The molecule has 4 nitrogen and oxygen atoms in total. The predicted molar refractivity (Wildman–Crippen MR) is 109 cm³/mol.